The zero-order valence-electron chi connectivity index (χ0n) is 12.6. The molecule has 2 aromatic rings. The molecule has 2 rings (SSSR count). The van der Waals surface area contributed by atoms with Gasteiger partial charge in [0.05, 0.1) is 18.4 Å². The summed E-state index contributed by atoms with van der Waals surface area (Å²) in [5.41, 5.74) is 1.89. The molecule has 112 valence electrons. The van der Waals surface area contributed by atoms with Gasteiger partial charge in [-0.25, -0.2) is 0 Å². The van der Waals surface area contributed by atoms with Crippen molar-refractivity contribution in [3.63, 3.8) is 0 Å². The van der Waals surface area contributed by atoms with Gasteiger partial charge in [0.2, 0.25) is 0 Å². The third-order valence-corrected chi connectivity index (χ3v) is 3.22. The van der Waals surface area contributed by atoms with Crippen molar-refractivity contribution in [2.24, 2.45) is 0 Å². The Balaban J connectivity index is 1.89. The van der Waals surface area contributed by atoms with Crippen LogP contribution in [0.15, 0.2) is 48.7 Å². The molecule has 21 heavy (non-hydrogen) atoms. The summed E-state index contributed by atoms with van der Waals surface area (Å²) in [4.78, 5) is 6.35. The summed E-state index contributed by atoms with van der Waals surface area (Å²) >= 11 is 0. The summed E-state index contributed by atoms with van der Waals surface area (Å²) in [6, 6.07) is 13.5. The van der Waals surface area contributed by atoms with Crippen molar-refractivity contribution < 1.29 is 9.84 Å². The van der Waals surface area contributed by atoms with E-state index in [0.717, 1.165) is 23.6 Å². The molecule has 1 aromatic heterocycles. The lowest BCUT2D eigenvalue weighted by molar-refractivity contribution is 0.123. The van der Waals surface area contributed by atoms with E-state index in [2.05, 4.69) is 9.88 Å². The summed E-state index contributed by atoms with van der Waals surface area (Å²) in [6.45, 7) is 3.88. The second-order valence-corrected chi connectivity index (χ2v) is 5.04. The van der Waals surface area contributed by atoms with Crippen molar-refractivity contribution >= 4 is 0 Å². The molecule has 1 heterocycles. The van der Waals surface area contributed by atoms with Gasteiger partial charge < -0.3 is 9.84 Å². The Morgan fingerprint density at radius 1 is 1.19 bits per heavy atom. The predicted molar refractivity (Wildman–Crippen MR) is 83.1 cm³/mol. The largest absolute Gasteiger partial charge is 0.494 e. The number of ether oxygens (including phenoxy) is 1. The molecule has 0 aliphatic carbocycles. The molecule has 0 spiro atoms. The lowest BCUT2D eigenvalue weighted by Gasteiger charge is -2.20. The van der Waals surface area contributed by atoms with Crippen molar-refractivity contribution in [2.75, 3.05) is 20.2 Å². The van der Waals surface area contributed by atoms with Gasteiger partial charge in [0.15, 0.2) is 0 Å². The number of aliphatic hydroxyl groups excluding tert-OH is 1. The van der Waals surface area contributed by atoms with E-state index in [9.17, 15) is 5.11 Å². The van der Waals surface area contributed by atoms with Crippen LogP contribution in [0.3, 0.4) is 0 Å². The minimum atomic E-state index is -0.519. The lowest BCUT2D eigenvalue weighted by Crippen LogP contribution is -2.24. The zero-order chi connectivity index (χ0) is 15.1. The van der Waals surface area contributed by atoms with Crippen LogP contribution in [0, 0.1) is 0 Å². The van der Waals surface area contributed by atoms with Gasteiger partial charge >= 0.3 is 0 Å². The number of hydrogen-bond donors (Lipinski definition) is 1. The van der Waals surface area contributed by atoms with Gasteiger partial charge in [-0.05, 0) is 43.8 Å². The monoisotopic (exact) mass is 286 g/mol. The summed E-state index contributed by atoms with van der Waals surface area (Å²) in [5, 5.41) is 10.3. The normalized spacial score (nSPS) is 12.4. The predicted octanol–water partition coefficient (Wildman–Crippen LogP) is 2.65. The average molecular weight is 286 g/mol. The SMILES string of the molecule is CCOc1ccc(C(O)CN(C)Cc2ccccn2)cc1. The Morgan fingerprint density at radius 2 is 1.95 bits per heavy atom. The maximum Gasteiger partial charge on any atom is 0.119 e. The van der Waals surface area contributed by atoms with Crippen LogP contribution >= 0.6 is 0 Å². The summed E-state index contributed by atoms with van der Waals surface area (Å²) in [7, 11) is 1.98. The van der Waals surface area contributed by atoms with Crippen molar-refractivity contribution in [3.8, 4) is 5.75 Å². The van der Waals surface area contributed by atoms with Crippen LogP contribution in [0.5, 0.6) is 5.75 Å². The summed E-state index contributed by atoms with van der Waals surface area (Å²) < 4.78 is 5.40. The number of hydrogen-bond acceptors (Lipinski definition) is 4. The van der Waals surface area contributed by atoms with E-state index in [-0.39, 0.29) is 0 Å². The molecule has 0 aliphatic heterocycles. The summed E-state index contributed by atoms with van der Waals surface area (Å²) in [5.74, 6) is 0.829. The molecule has 0 fully saturated rings. The van der Waals surface area contributed by atoms with Crippen LogP contribution in [0.2, 0.25) is 0 Å². The third-order valence-electron chi connectivity index (χ3n) is 3.22. The molecule has 0 radical (unpaired) electrons. The van der Waals surface area contributed by atoms with Gasteiger partial charge in [-0.1, -0.05) is 18.2 Å². The molecule has 1 N–H and O–H groups in total. The Kier molecular flexibility index (Phi) is 5.72. The number of likely N-dealkylation sites (N-methyl/N-ethyl adjacent to an activating group) is 1. The average Bonchev–Trinajstić information content (AvgIpc) is 2.49. The highest BCUT2D eigenvalue weighted by Gasteiger charge is 2.11. The number of pyridine rings is 1. The van der Waals surface area contributed by atoms with Crippen molar-refractivity contribution in [3.05, 3.63) is 59.9 Å². The van der Waals surface area contributed by atoms with Gasteiger partial charge in [0, 0.05) is 19.3 Å². The van der Waals surface area contributed by atoms with Gasteiger partial charge in [0.25, 0.3) is 0 Å². The number of nitrogens with zero attached hydrogens (tertiary/aromatic N) is 2. The Labute approximate surface area is 126 Å². The molecule has 4 nitrogen and oxygen atoms in total. The Morgan fingerprint density at radius 3 is 2.57 bits per heavy atom. The fourth-order valence-electron chi connectivity index (χ4n) is 2.19. The van der Waals surface area contributed by atoms with E-state index >= 15 is 0 Å². The minimum Gasteiger partial charge on any atom is -0.494 e. The van der Waals surface area contributed by atoms with E-state index in [1.807, 2.05) is 56.4 Å². The fourth-order valence-corrected chi connectivity index (χ4v) is 2.19. The van der Waals surface area contributed by atoms with Crippen molar-refractivity contribution in [1.82, 2.24) is 9.88 Å². The first-order valence-corrected chi connectivity index (χ1v) is 7.18. The van der Waals surface area contributed by atoms with E-state index in [4.69, 9.17) is 4.74 Å². The first-order valence-electron chi connectivity index (χ1n) is 7.18. The molecule has 4 heteroatoms. The highest BCUT2D eigenvalue weighted by molar-refractivity contribution is 5.28. The second-order valence-electron chi connectivity index (χ2n) is 5.04. The quantitative estimate of drug-likeness (QED) is 0.850. The molecular formula is C17H22N2O2. The summed E-state index contributed by atoms with van der Waals surface area (Å²) in [6.07, 6.45) is 1.26. The number of aromatic nitrogens is 1. The fraction of sp³-hybridized carbons (Fsp3) is 0.353. The lowest BCUT2D eigenvalue weighted by atomic mass is 10.1. The molecule has 0 saturated carbocycles. The minimum absolute atomic E-state index is 0.519. The maximum absolute atomic E-state index is 10.3. The van der Waals surface area contributed by atoms with Gasteiger partial charge in [-0.3, -0.25) is 9.88 Å². The van der Waals surface area contributed by atoms with E-state index < -0.39 is 6.10 Å². The maximum atomic E-state index is 10.3. The number of rotatable bonds is 7. The second kappa shape index (κ2) is 7.76. The molecule has 1 atom stereocenters. The Hall–Kier alpha value is -1.91. The van der Waals surface area contributed by atoms with Crippen LogP contribution < -0.4 is 4.74 Å². The third kappa shape index (κ3) is 4.85. The molecule has 1 unspecified atom stereocenters. The van der Waals surface area contributed by atoms with Gasteiger partial charge in [-0.2, -0.15) is 0 Å². The van der Waals surface area contributed by atoms with Gasteiger partial charge in [-0.15, -0.1) is 0 Å². The van der Waals surface area contributed by atoms with Crippen LogP contribution in [0.25, 0.3) is 0 Å². The van der Waals surface area contributed by atoms with Crippen LogP contribution in [0.1, 0.15) is 24.3 Å². The highest BCUT2D eigenvalue weighted by Crippen LogP contribution is 2.19. The molecule has 0 amide bonds. The van der Waals surface area contributed by atoms with Crippen LogP contribution in [0.4, 0.5) is 0 Å². The standard InChI is InChI=1S/C17H22N2O2/c1-3-21-16-9-7-14(8-10-16)17(20)13-19(2)12-15-6-4-5-11-18-15/h4-11,17,20H,3,12-13H2,1-2H3. The van der Waals surface area contributed by atoms with Crippen molar-refractivity contribution in [1.29, 1.82) is 0 Å². The highest BCUT2D eigenvalue weighted by atomic mass is 16.5. The Bertz CT molecular complexity index is 528. The smallest absolute Gasteiger partial charge is 0.119 e. The molecule has 0 saturated heterocycles. The zero-order valence-corrected chi connectivity index (χ0v) is 12.6. The van der Waals surface area contributed by atoms with Crippen LogP contribution in [-0.2, 0) is 6.54 Å². The number of aliphatic hydroxyl groups is 1. The molecule has 0 bridgehead atoms. The van der Waals surface area contributed by atoms with Crippen molar-refractivity contribution in [2.45, 2.75) is 19.6 Å². The van der Waals surface area contributed by atoms with E-state index in [0.29, 0.717) is 13.2 Å². The molecule has 0 aliphatic rings. The van der Waals surface area contributed by atoms with E-state index in [1.165, 1.54) is 0 Å². The first kappa shape index (κ1) is 15.5. The number of benzene rings is 1. The van der Waals surface area contributed by atoms with E-state index in [1.54, 1.807) is 6.20 Å². The topological polar surface area (TPSA) is 45.6 Å². The molecular weight excluding hydrogens is 264 g/mol. The van der Waals surface area contributed by atoms with Crippen LogP contribution in [-0.4, -0.2) is 35.2 Å². The molecule has 1 aromatic carbocycles. The van der Waals surface area contributed by atoms with Gasteiger partial charge in [0.1, 0.15) is 5.75 Å². The first-order chi connectivity index (χ1) is 10.2.